The van der Waals surface area contributed by atoms with Crippen molar-refractivity contribution < 1.29 is 32.2 Å². The molecule has 0 aromatic heterocycles. The molecule has 170 valence electrons. The minimum Gasteiger partial charge on any atom is -0.474 e. The van der Waals surface area contributed by atoms with Gasteiger partial charge in [0.1, 0.15) is 11.9 Å². The van der Waals surface area contributed by atoms with Gasteiger partial charge in [-0.3, -0.25) is 14.7 Å². The number of ether oxygens (including phenoxy) is 2. The average molecular weight is 461 g/mol. The first-order valence-corrected chi connectivity index (χ1v) is 9.88. The van der Waals surface area contributed by atoms with Gasteiger partial charge in [0.15, 0.2) is 0 Å². The lowest BCUT2D eigenvalue weighted by Crippen LogP contribution is -2.46. The summed E-state index contributed by atoms with van der Waals surface area (Å²) in [6, 6.07) is 4.30. The van der Waals surface area contributed by atoms with E-state index in [1.165, 1.54) is 24.1 Å². The summed E-state index contributed by atoms with van der Waals surface area (Å²) in [5, 5.41) is 3.82. The summed E-state index contributed by atoms with van der Waals surface area (Å²) in [5.41, 5.74) is 3.19. The molecule has 1 aromatic rings. The highest BCUT2D eigenvalue weighted by Crippen LogP contribution is 2.28. The van der Waals surface area contributed by atoms with Gasteiger partial charge in [0.25, 0.3) is 5.17 Å². The van der Waals surface area contributed by atoms with Gasteiger partial charge in [-0.25, -0.2) is 14.6 Å². The molecule has 2 N–H and O–H groups in total. The lowest BCUT2D eigenvalue weighted by Gasteiger charge is -2.24. The number of hydrazine groups is 1. The number of alkyl halides is 2. The standard InChI is InChI=1S/C18H22F3N5O4S/c1-29-17(31)22-9-12-10-25(18(28)30-12)11-2-3-14(13(19)8-11)24-5-4-23-26(7-6-24)16(27)15(20)21/h2-3,8,12,15,23H,4-7,9-10H2,1H3,(H,22,31)/t12-/m0/s1. The summed E-state index contributed by atoms with van der Waals surface area (Å²) in [6.07, 6.45) is -4.21. The van der Waals surface area contributed by atoms with Crippen molar-refractivity contribution in [1.29, 1.82) is 0 Å². The van der Waals surface area contributed by atoms with E-state index >= 15 is 0 Å². The van der Waals surface area contributed by atoms with Crippen LogP contribution < -0.4 is 20.5 Å². The first kappa shape index (κ1) is 22.9. The third-order valence-corrected chi connectivity index (χ3v) is 5.16. The predicted molar refractivity (Wildman–Crippen MR) is 110 cm³/mol. The van der Waals surface area contributed by atoms with Crippen molar-refractivity contribution in [3.05, 3.63) is 24.0 Å². The van der Waals surface area contributed by atoms with Crippen molar-refractivity contribution in [3.8, 4) is 0 Å². The van der Waals surface area contributed by atoms with Gasteiger partial charge in [0.05, 0.1) is 38.1 Å². The van der Waals surface area contributed by atoms with E-state index in [0.29, 0.717) is 12.2 Å². The van der Waals surface area contributed by atoms with Crippen molar-refractivity contribution in [1.82, 2.24) is 15.8 Å². The zero-order valence-corrected chi connectivity index (χ0v) is 17.5. The molecule has 0 radical (unpaired) electrons. The topological polar surface area (TPSA) is 86.4 Å². The Hall–Kier alpha value is -2.80. The maximum absolute atomic E-state index is 14.8. The third-order valence-electron chi connectivity index (χ3n) is 4.85. The largest absolute Gasteiger partial charge is 0.474 e. The fourth-order valence-electron chi connectivity index (χ4n) is 3.31. The smallest absolute Gasteiger partial charge is 0.414 e. The predicted octanol–water partition coefficient (Wildman–Crippen LogP) is 1.09. The van der Waals surface area contributed by atoms with Crippen LogP contribution in [0.15, 0.2) is 18.2 Å². The molecule has 2 saturated heterocycles. The van der Waals surface area contributed by atoms with Gasteiger partial charge in [-0.15, -0.1) is 0 Å². The van der Waals surface area contributed by atoms with Gasteiger partial charge >= 0.3 is 18.4 Å². The molecule has 1 aromatic carbocycles. The number of hydrogen-bond donors (Lipinski definition) is 2. The molecule has 1 atom stereocenters. The second-order valence-electron chi connectivity index (χ2n) is 6.81. The maximum Gasteiger partial charge on any atom is 0.414 e. The van der Waals surface area contributed by atoms with Crippen LogP contribution in [-0.4, -0.2) is 81.1 Å². The molecule has 9 nitrogen and oxygen atoms in total. The third kappa shape index (κ3) is 5.47. The summed E-state index contributed by atoms with van der Waals surface area (Å²) in [7, 11) is 1.42. The van der Waals surface area contributed by atoms with Crippen molar-refractivity contribution in [2.45, 2.75) is 12.5 Å². The SMILES string of the molecule is COC(=S)NC[C@H]1CN(c2ccc(N3CCNN(C(=O)C(F)F)CC3)c(F)c2)C(=O)O1. The summed E-state index contributed by atoms with van der Waals surface area (Å²) in [5.74, 6) is -1.90. The van der Waals surface area contributed by atoms with Crippen LogP contribution in [0.4, 0.5) is 29.3 Å². The normalized spacial score (nSPS) is 19.3. The minimum atomic E-state index is -3.11. The Morgan fingerprint density at radius 3 is 2.84 bits per heavy atom. The van der Waals surface area contributed by atoms with E-state index in [2.05, 4.69) is 10.7 Å². The van der Waals surface area contributed by atoms with Gasteiger partial charge in [-0.1, -0.05) is 0 Å². The van der Waals surface area contributed by atoms with E-state index in [1.54, 1.807) is 11.0 Å². The molecular formula is C18H22F3N5O4S. The second kappa shape index (κ2) is 10.0. The number of nitrogens with one attached hydrogen (secondary N) is 2. The monoisotopic (exact) mass is 461 g/mol. The highest BCUT2D eigenvalue weighted by Gasteiger charge is 2.33. The highest BCUT2D eigenvalue weighted by molar-refractivity contribution is 7.80. The number of carbonyl (C=O) groups excluding carboxylic acids is 2. The van der Waals surface area contributed by atoms with Crippen molar-refractivity contribution in [3.63, 3.8) is 0 Å². The van der Waals surface area contributed by atoms with Gasteiger partial charge in [0.2, 0.25) is 0 Å². The molecule has 0 spiro atoms. The number of halogens is 3. The number of nitrogens with zero attached hydrogens (tertiary/aromatic N) is 3. The van der Waals surface area contributed by atoms with Gasteiger partial charge in [-0.2, -0.15) is 8.78 Å². The lowest BCUT2D eigenvalue weighted by molar-refractivity contribution is -0.145. The molecule has 0 saturated carbocycles. The Morgan fingerprint density at radius 1 is 1.39 bits per heavy atom. The number of carbonyl (C=O) groups is 2. The van der Waals surface area contributed by atoms with Crippen LogP contribution in [0, 0.1) is 5.82 Å². The summed E-state index contributed by atoms with van der Waals surface area (Å²) in [6.45, 7) is 1.10. The van der Waals surface area contributed by atoms with E-state index in [4.69, 9.17) is 21.7 Å². The van der Waals surface area contributed by atoms with E-state index in [0.717, 1.165) is 5.01 Å². The van der Waals surface area contributed by atoms with E-state index in [1.807, 2.05) is 0 Å². The summed E-state index contributed by atoms with van der Waals surface area (Å²) in [4.78, 5) is 26.6. The molecule has 0 bridgehead atoms. The van der Waals surface area contributed by atoms with Crippen LogP contribution in [0.25, 0.3) is 0 Å². The van der Waals surface area contributed by atoms with Crippen LogP contribution in [0.2, 0.25) is 0 Å². The molecular weight excluding hydrogens is 439 g/mol. The number of hydrogen-bond acceptors (Lipinski definition) is 7. The van der Waals surface area contributed by atoms with Gasteiger partial charge < -0.3 is 19.7 Å². The minimum absolute atomic E-state index is 0.0270. The molecule has 0 aliphatic carbocycles. The Balaban J connectivity index is 1.64. The number of anilines is 2. The van der Waals surface area contributed by atoms with Crippen molar-refractivity contribution in [2.24, 2.45) is 0 Å². The molecule has 13 heteroatoms. The van der Waals surface area contributed by atoms with E-state index in [9.17, 15) is 22.8 Å². The molecule has 2 fully saturated rings. The van der Waals surface area contributed by atoms with Crippen LogP contribution in [0.3, 0.4) is 0 Å². The quantitative estimate of drug-likeness (QED) is 0.631. The highest BCUT2D eigenvalue weighted by atomic mass is 32.1. The Kier molecular flexibility index (Phi) is 7.38. The number of rotatable bonds is 5. The van der Waals surface area contributed by atoms with E-state index in [-0.39, 0.29) is 43.6 Å². The van der Waals surface area contributed by atoms with Gasteiger partial charge in [0, 0.05) is 19.6 Å². The van der Waals surface area contributed by atoms with Crippen LogP contribution >= 0.6 is 12.2 Å². The number of benzene rings is 1. The second-order valence-corrected chi connectivity index (χ2v) is 7.18. The van der Waals surface area contributed by atoms with E-state index < -0.39 is 30.3 Å². The molecule has 2 heterocycles. The van der Waals surface area contributed by atoms with Crippen molar-refractivity contribution >= 4 is 40.8 Å². The Bertz CT molecular complexity index is 846. The molecule has 0 unspecified atom stereocenters. The number of amides is 2. The molecule has 2 amide bonds. The average Bonchev–Trinajstić information content (AvgIpc) is 2.96. The summed E-state index contributed by atoms with van der Waals surface area (Å²) >= 11 is 4.87. The first-order chi connectivity index (χ1) is 14.8. The van der Waals surface area contributed by atoms with Crippen LogP contribution in [0.5, 0.6) is 0 Å². The Morgan fingerprint density at radius 2 is 2.16 bits per heavy atom. The maximum atomic E-state index is 14.8. The fourth-order valence-corrected chi connectivity index (χ4v) is 3.39. The zero-order valence-electron chi connectivity index (χ0n) is 16.6. The molecule has 2 aliphatic rings. The first-order valence-electron chi connectivity index (χ1n) is 9.47. The van der Waals surface area contributed by atoms with Crippen LogP contribution in [-0.2, 0) is 14.3 Å². The number of cyclic esters (lactones) is 1. The summed E-state index contributed by atoms with van der Waals surface area (Å²) < 4.78 is 50.2. The molecule has 2 aliphatic heterocycles. The van der Waals surface area contributed by atoms with Crippen LogP contribution in [0.1, 0.15) is 0 Å². The molecule has 3 rings (SSSR count). The lowest BCUT2D eigenvalue weighted by atomic mass is 10.2. The number of methoxy groups -OCH3 is 1. The van der Waals surface area contributed by atoms with Crippen molar-refractivity contribution in [2.75, 3.05) is 56.2 Å². The fraction of sp³-hybridized carbons (Fsp3) is 0.500. The number of thiocarbonyl (C=S) groups is 1. The molecule has 31 heavy (non-hydrogen) atoms. The zero-order chi connectivity index (χ0) is 22.5. The van der Waals surface area contributed by atoms with Gasteiger partial charge in [-0.05, 0) is 30.4 Å². The Labute approximate surface area is 182 Å².